The summed E-state index contributed by atoms with van der Waals surface area (Å²) in [5.74, 6) is -0.797. The van der Waals surface area contributed by atoms with E-state index in [1.807, 2.05) is 6.92 Å². The summed E-state index contributed by atoms with van der Waals surface area (Å²) in [6.45, 7) is 4.13. The Hall–Kier alpha value is -1.13. The van der Waals surface area contributed by atoms with Gasteiger partial charge in [0.1, 0.15) is 11.7 Å². The second kappa shape index (κ2) is 6.32. The standard InChI is InChI=1S/C16H21ClFNO2/c1-11-4-3-5-13(18)12(11)9-19(15(21)8-17)10-14(20)16(2)6-7-16/h3-5,14,20H,6-10H2,1-2H3. The quantitative estimate of drug-likeness (QED) is 0.820. The number of hydrogen-bond donors (Lipinski definition) is 1. The third-order valence-electron chi connectivity index (χ3n) is 4.41. The molecule has 2 rings (SSSR count). The average molecular weight is 314 g/mol. The number of aliphatic hydroxyl groups is 1. The number of carbonyl (C=O) groups excluding carboxylic acids is 1. The first-order valence-corrected chi connectivity index (χ1v) is 7.66. The lowest BCUT2D eigenvalue weighted by Crippen LogP contribution is -2.41. The van der Waals surface area contributed by atoms with Crippen LogP contribution in [0.2, 0.25) is 0 Å². The maximum atomic E-state index is 13.9. The number of nitrogens with zero attached hydrogens (tertiary/aromatic N) is 1. The van der Waals surface area contributed by atoms with Gasteiger partial charge >= 0.3 is 0 Å². The molecule has 1 aromatic rings. The van der Waals surface area contributed by atoms with Crippen LogP contribution >= 0.6 is 11.6 Å². The van der Waals surface area contributed by atoms with Crippen molar-refractivity contribution in [3.05, 3.63) is 35.1 Å². The maximum absolute atomic E-state index is 13.9. The van der Waals surface area contributed by atoms with E-state index in [0.29, 0.717) is 5.56 Å². The highest BCUT2D eigenvalue weighted by Gasteiger charge is 2.45. The van der Waals surface area contributed by atoms with Crippen molar-refractivity contribution < 1.29 is 14.3 Å². The normalized spacial score (nSPS) is 17.4. The Kier molecular flexibility index (Phi) is 4.89. The van der Waals surface area contributed by atoms with Gasteiger partial charge in [-0.05, 0) is 36.8 Å². The number of aryl methyl sites for hydroxylation is 1. The number of hydrogen-bond acceptors (Lipinski definition) is 2. The molecule has 3 nitrogen and oxygen atoms in total. The highest BCUT2D eigenvalue weighted by atomic mass is 35.5. The van der Waals surface area contributed by atoms with Gasteiger partial charge in [-0.15, -0.1) is 11.6 Å². The minimum atomic E-state index is -0.600. The van der Waals surface area contributed by atoms with Crippen molar-refractivity contribution in [3.63, 3.8) is 0 Å². The minimum absolute atomic E-state index is 0.116. The fraction of sp³-hybridized carbons (Fsp3) is 0.562. The molecule has 1 unspecified atom stereocenters. The Morgan fingerprint density at radius 3 is 2.71 bits per heavy atom. The zero-order chi connectivity index (χ0) is 15.6. The minimum Gasteiger partial charge on any atom is -0.391 e. The molecule has 1 aromatic carbocycles. The van der Waals surface area contributed by atoms with E-state index in [9.17, 15) is 14.3 Å². The van der Waals surface area contributed by atoms with Crippen LogP contribution < -0.4 is 0 Å². The molecule has 1 atom stereocenters. The van der Waals surface area contributed by atoms with E-state index in [4.69, 9.17) is 11.6 Å². The molecule has 1 amide bonds. The first kappa shape index (κ1) is 16.2. The SMILES string of the molecule is Cc1cccc(F)c1CN(CC(O)C1(C)CC1)C(=O)CCl. The molecule has 116 valence electrons. The zero-order valence-corrected chi connectivity index (χ0v) is 13.2. The summed E-state index contributed by atoms with van der Waals surface area (Å²) >= 11 is 5.64. The summed E-state index contributed by atoms with van der Waals surface area (Å²) in [7, 11) is 0. The van der Waals surface area contributed by atoms with E-state index in [0.717, 1.165) is 18.4 Å². The number of carbonyl (C=O) groups is 1. The molecular weight excluding hydrogens is 293 g/mol. The van der Waals surface area contributed by atoms with E-state index in [-0.39, 0.29) is 36.1 Å². The largest absolute Gasteiger partial charge is 0.391 e. The Balaban J connectivity index is 2.15. The van der Waals surface area contributed by atoms with Crippen molar-refractivity contribution >= 4 is 17.5 Å². The third-order valence-corrected chi connectivity index (χ3v) is 4.63. The van der Waals surface area contributed by atoms with Crippen LogP contribution in [0.5, 0.6) is 0 Å². The lowest BCUT2D eigenvalue weighted by molar-refractivity contribution is -0.131. The molecule has 0 aromatic heterocycles. The number of benzene rings is 1. The lowest BCUT2D eigenvalue weighted by atomic mass is 10.0. The van der Waals surface area contributed by atoms with Gasteiger partial charge in [0.2, 0.25) is 5.91 Å². The molecule has 0 spiro atoms. The zero-order valence-electron chi connectivity index (χ0n) is 12.4. The first-order valence-electron chi connectivity index (χ1n) is 7.13. The van der Waals surface area contributed by atoms with Gasteiger partial charge in [-0.1, -0.05) is 19.1 Å². The van der Waals surface area contributed by atoms with Gasteiger partial charge in [-0.25, -0.2) is 4.39 Å². The molecule has 1 aliphatic rings. The summed E-state index contributed by atoms with van der Waals surface area (Å²) in [5, 5.41) is 10.2. The number of alkyl halides is 1. The maximum Gasteiger partial charge on any atom is 0.237 e. The molecule has 0 heterocycles. The van der Waals surface area contributed by atoms with Crippen LogP contribution in [0.15, 0.2) is 18.2 Å². The van der Waals surface area contributed by atoms with Crippen LogP contribution in [0.25, 0.3) is 0 Å². The molecule has 1 saturated carbocycles. The van der Waals surface area contributed by atoms with Gasteiger partial charge in [0.05, 0.1) is 6.10 Å². The number of halogens is 2. The molecule has 0 radical (unpaired) electrons. The van der Waals surface area contributed by atoms with Crippen molar-refractivity contribution in [2.75, 3.05) is 12.4 Å². The Morgan fingerprint density at radius 1 is 1.52 bits per heavy atom. The molecule has 21 heavy (non-hydrogen) atoms. The fourth-order valence-electron chi connectivity index (χ4n) is 2.36. The highest BCUT2D eigenvalue weighted by Crippen LogP contribution is 2.48. The number of amides is 1. The second-order valence-electron chi connectivity index (χ2n) is 6.11. The summed E-state index contributed by atoms with van der Waals surface area (Å²) in [6, 6.07) is 4.83. The van der Waals surface area contributed by atoms with Crippen molar-refractivity contribution in [2.45, 2.75) is 39.3 Å². The van der Waals surface area contributed by atoms with E-state index in [1.165, 1.54) is 11.0 Å². The molecule has 1 N–H and O–H groups in total. The van der Waals surface area contributed by atoms with Crippen LogP contribution in [0, 0.1) is 18.2 Å². The van der Waals surface area contributed by atoms with Crippen molar-refractivity contribution in [3.8, 4) is 0 Å². The number of aliphatic hydroxyl groups excluding tert-OH is 1. The lowest BCUT2D eigenvalue weighted by Gasteiger charge is -2.28. The Morgan fingerprint density at radius 2 is 2.19 bits per heavy atom. The average Bonchev–Trinajstić information content (AvgIpc) is 3.20. The van der Waals surface area contributed by atoms with Gasteiger partial charge < -0.3 is 10.0 Å². The highest BCUT2D eigenvalue weighted by molar-refractivity contribution is 6.27. The number of rotatable bonds is 6. The molecule has 0 saturated heterocycles. The van der Waals surface area contributed by atoms with Crippen LogP contribution in [-0.2, 0) is 11.3 Å². The molecule has 0 bridgehead atoms. The van der Waals surface area contributed by atoms with Crippen LogP contribution in [0.3, 0.4) is 0 Å². The predicted molar refractivity (Wildman–Crippen MR) is 80.6 cm³/mol. The second-order valence-corrected chi connectivity index (χ2v) is 6.38. The van der Waals surface area contributed by atoms with Gasteiger partial charge in [0.15, 0.2) is 0 Å². The van der Waals surface area contributed by atoms with Crippen molar-refractivity contribution in [2.24, 2.45) is 5.41 Å². The summed E-state index contributed by atoms with van der Waals surface area (Å²) in [4.78, 5) is 13.4. The Bertz CT molecular complexity index is 511. The van der Waals surface area contributed by atoms with Crippen LogP contribution in [0.1, 0.15) is 30.9 Å². The van der Waals surface area contributed by atoms with Crippen LogP contribution in [-0.4, -0.2) is 34.4 Å². The van der Waals surface area contributed by atoms with Gasteiger partial charge in [-0.2, -0.15) is 0 Å². The third kappa shape index (κ3) is 3.74. The summed E-state index contributed by atoms with van der Waals surface area (Å²) < 4.78 is 13.9. The molecular formula is C16H21ClFNO2. The van der Waals surface area contributed by atoms with Gasteiger partial charge in [0, 0.05) is 18.7 Å². The van der Waals surface area contributed by atoms with Gasteiger partial charge in [0.25, 0.3) is 0 Å². The van der Waals surface area contributed by atoms with Gasteiger partial charge in [-0.3, -0.25) is 4.79 Å². The summed E-state index contributed by atoms with van der Waals surface area (Å²) in [6.07, 6.45) is 1.31. The van der Waals surface area contributed by atoms with E-state index < -0.39 is 6.10 Å². The fourth-order valence-corrected chi connectivity index (χ4v) is 2.53. The first-order chi connectivity index (χ1) is 9.87. The molecule has 1 fully saturated rings. The predicted octanol–water partition coefficient (Wildman–Crippen LogP) is 2.86. The van der Waals surface area contributed by atoms with Crippen molar-refractivity contribution in [1.82, 2.24) is 4.90 Å². The van der Waals surface area contributed by atoms with E-state index in [2.05, 4.69) is 0 Å². The summed E-state index contributed by atoms with van der Waals surface area (Å²) in [5.41, 5.74) is 1.15. The molecule has 0 aliphatic heterocycles. The topological polar surface area (TPSA) is 40.5 Å². The van der Waals surface area contributed by atoms with E-state index in [1.54, 1.807) is 19.1 Å². The van der Waals surface area contributed by atoms with E-state index >= 15 is 0 Å². The monoisotopic (exact) mass is 313 g/mol. The molecule has 5 heteroatoms. The molecule has 1 aliphatic carbocycles. The Labute approximate surface area is 129 Å². The van der Waals surface area contributed by atoms with Crippen LogP contribution in [0.4, 0.5) is 4.39 Å². The van der Waals surface area contributed by atoms with Crippen molar-refractivity contribution in [1.29, 1.82) is 0 Å². The smallest absolute Gasteiger partial charge is 0.237 e.